The van der Waals surface area contributed by atoms with E-state index in [0.717, 1.165) is 24.1 Å². The highest BCUT2D eigenvalue weighted by Crippen LogP contribution is 2.22. The summed E-state index contributed by atoms with van der Waals surface area (Å²) in [5.41, 5.74) is 3.60. The number of aryl methyl sites for hydroxylation is 1. The second kappa shape index (κ2) is 4.96. The molecule has 2 aromatic rings. The number of hydrogen-bond donors (Lipinski definition) is 0. The molecule has 1 aromatic heterocycles. The highest BCUT2D eigenvalue weighted by Gasteiger charge is 2.07. The Hall–Kier alpha value is -0.890. The van der Waals surface area contributed by atoms with E-state index in [1.165, 1.54) is 10.9 Å². The van der Waals surface area contributed by atoms with Crippen LogP contribution in [0, 0.1) is 6.92 Å². The molecule has 1 unspecified atom stereocenters. The zero-order valence-electron chi connectivity index (χ0n) is 9.70. The molecule has 0 aliphatic carbocycles. The van der Waals surface area contributed by atoms with Gasteiger partial charge in [-0.15, -0.1) is 0 Å². The van der Waals surface area contributed by atoms with Gasteiger partial charge in [-0.05, 0) is 37.5 Å². The molecule has 1 nitrogen and oxygen atoms in total. The van der Waals surface area contributed by atoms with Crippen molar-refractivity contribution in [2.45, 2.75) is 31.5 Å². The van der Waals surface area contributed by atoms with Gasteiger partial charge in [-0.3, -0.25) is 4.98 Å². The number of benzene rings is 1. The Balaban J connectivity index is 2.50. The van der Waals surface area contributed by atoms with E-state index in [4.69, 9.17) is 0 Å². The van der Waals surface area contributed by atoms with Gasteiger partial charge in [-0.1, -0.05) is 41.1 Å². The molecule has 0 amide bonds. The van der Waals surface area contributed by atoms with Gasteiger partial charge in [0.15, 0.2) is 0 Å². The Morgan fingerprint density at radius 2 is 2.06 bits per heavy atom. The molecule has 0 radical (unpaired) electrons. The summed E-state index contributed by atoms with van der Waals surface area (Å²) < 4.78 is 0. The van der Waals surface area contributed by atoms with Crippen LogP contribution in [-0.2, 0) is 6.42 Å². The van der Waals surface area contributed by atoms with E-state index in [2.05, 4.69) is 59.0 Å². The first-order valence-corrected chi connectivity index (χ1v) is 6.61. The number of para-hydroxylation sites is 1. The minimum Gasteiger partial charge on any atom is -0.253 e. The Morgan fingerprint density at radius 1 is 1.31 bits per heavy atom. The third-order valence-corrected chi connectivity index (χ3v) is 3.79. The van der Waals surface area contributed by atoms with Crippen LogP contribution in [0.15, 0.2) is 30.3 Å². The van der Waals surface area contributed by atoms with Crippen molar-refractivity contribution in [3.05, 3.63) is 41.6 Å². The molecule has 2 rings (SSSR count). The normalized spacial score (nSPS) is 12.9. The second-order valence-corrected chi connectivity index (χ2v) is 5.44. The molecule has 0 aliphatic rings. The molecule has 84 valence electrons. The maximum atomic E-state index is 4.55. The molecule has 0 aliphatic heterocycles. The van der Waals surface area contributed by atoms with Crippen LogP contribution in [-0.4, -0.2) is 9.81 Å². The van der Waals surface area contributed by atoms with E-state index in [1.807, 2.05) is 6.07 Å². The van der Waals surface area contributed by atoms with E-state index in [-0.39, 0.29) is 0 Å². The van der Waals surface area contributed by atoms with Crippen molar-refractivity contribution < 1.29 is 0 Å². The molecule has 0 saturated carbocycles. The van der Waals surface area contributed by atoms with Gasteiger partial charge in [-0.25, -0.2) is 0 Å². The van der Waals surface area contributed by atoms with Gasteiger partial charge in [0.1, 0.15) is 0 Å². The standard InChI is InChI=1S/C14H16BrN/c1-3-12(15)9-11-8-10(2)16-14-7-5-4-6-13(11)14/h4-8,12H,3,9H2,1-2H3. The molecular weight excluding hydrogens is 262 g/mol. The summed E-state index contributed by atoms with van der Waals surface area (Å²) >= 11 is 3.70. The summed E-state index contributed by atoms with van der Waals surface area (Å²) in [5, 5.41) is 1.28. The predicted octanol–water partition coefficient (Wildman–Crippen LogP) is 4.26. The van der Waals surface area contributed by atoms with E-state index in [0.29, 0.717) is 4.83 Å². The molecule has 0 fully saturated rings. The smallest absolute Gasteiger partial charge is 0.0707 e. The summed E-state index contributed by atoms with van der Waals surface area (Å²) in [5.74, 6) is 0. The van der Waals surface area contributed by atoms with Crippen LogP contribution in [0.3, 0.4) is 0 Å². The van der Waals surface area contributed by atoms with Crippen molar-refractivity contribution in [3.63, 3.8) is 0 Å². The largest absolute Gasteiger partial charge is 0.253 e. The van der Waals surface area contributed by atoms with Gasteiger partial charge in [0.2, 0.25) is 0 Å². The molecular formula is C14H16BrN. The van der Waals surface area contributed by atoms with Crippen molar-refractivity contribution in [3.8, 4) is 0 Å². The van der Waals surface area contributed by atoms with E-state index >= 15 is 0 Å². The lowest BCUT2D eigenvalue weighted by atomic mass is 10.0. The van der Waals surface area contributed by atoms with Crippen LogP contribution >= 0.6 is 15.9 Å². The molecule has 1 aromatic carbocycles. The lowest BCUT2D eigenvalue weighted by molar-refractivity contribution is 0.832. The van der Waals surface area contributed by atoms with Gasteiger partial charge < -0.3 is 0 Å². The topological polar surface area (TPSA) is 12.9 Å². The van der Waals surface area contributed by atoms with Crippen LogP contribution in [0.2, 0.25) is 0 Å². The molecule has 2 heteroatoms. The first kappa shape index (κ1) is 11.6. The molecule has 16 heavy (non-hydrogen) atoms. The fraction of sp³-hybridized carbons (Fsp3) is 0.357. The van der Waals surface area contributed by atoms with Gasteiger partial charge in [0.25, 0.3) is 0 Å². The lowest BCUT2D eigenvalue weighted by Gasteiger charge is -2.10. The van der Waals surface area contributed by atoms with Crippen molar-refractivity contribution >= 4 is 26.8 Å². The first-order valence-electron chi connectivity index (χ1n) is 5.70. The number of aromatic nitrogens is 1. The molecule has 1 heterocycles. The van der Waals surface area contributed by atoms with Crippen LogP contribution in [0.5, 0.6) is 0 Å². The quantitative estimate of drug-likeness (QED) is 0.764. The zero-order valence-corrected chi connectivity index (χ0v) is 11.3. The number of rotatable bonds is 3. The molecule has 0 saturated heterocycles. The maximum absolute atomic E-state index is 4.55. The number of halogens is 1. The lowest BCUT2D eigenvalue weighted by Crippen LogP contribution is -2.02. The average molecular weight is 278 g/mol. The van der Waals surface area contributed by atoms with Crippen LogP contribution in [0.4, 0.5) is 0 Å². The van der Waals surface area contributed by atoms with Gasteiger partial charge >= 0.3 is 0 Å². The summed E-state index contributed by atoms with van der Waals surface area (Å²) in [7, 11) is 0. The number of alkyl halides is 1. The average Bonchev–Trinajstić information content (AvgIpc) is 2.28. The van der Waals surface area contributed by atoms with Crippen molar-refractivity contribution in [1.82, 2.24) is 4.98 Å². The fourth-order valence-electron chi connectivity index (χ4n) is 1.95. The number of pyridine rings is 1. The van der Waals surface area contributed by atoms with E-state index in [9.17, 15) is 0 Å². The van der Waals surface area contributed by atoms with E-state index < -0.39 is 0 Å². The predicted molar refractivity (Wildman–Crippen MR) is 73.2 cm³/mol. The first-order chi connectivity index (χ1) is 7.70. The van der Waals surface area contributed by atoms with E-state index in [1.54, 1.807) is 0 Å². The maximum Gasteiger partial charge on any atom is 0.0707 e. The summed E-state index contributed by atoms with van der Waals surface area (Å²) in [6, 6.07) is 10.6. The van der Waals surface area contributed by atoms with Crippen LogP contribution in [0.25, 0.3) is 10.9 Å². The SMILES string of the molecule is CCC(Br)Cc1cc(C)nc2ccccc12. The third kappa shape index (κ3) is 2.43. The molecule has 1 atom stereocenters. The highest BCUT2D eigenvalue weighted by atomic mass is 79.9. The number of hydrogen-bond acceptors (Lipinski definition) is 1. The number of nitrogens with zero attached hydrogens (tertiary/aromatic N) is 1. The minimum atomic E-state index is 0.553. The zero-order chi connectivity index (χ0) is 11.5. The van der Waals surface area contributed by atoms with Gasteiger partial charge in [0.05, 0.1) is 5.52 Å². The second-order valence-electron chi connectivity index (χ2n) is 4.15. The molecule has 0 N–H and O–H groups in total. The Bertz CT molecular complexity index is 493. The van der Waals surface area contributed by atoms with Crippen molar-refractivity contribution in [1.29, 1.82) is 0 Å². The third-order valence-electron chi connectivity index (χ3n) is 2.81. The van der Waals surface area contributed by atoms with Crippen molar-refractivity contribution in [2.75, 3.05) is 0 Å². The highest BCUT2D eigenvalue weighted by molar-refractivity contribution is 9.09. The minimum absolute atomic E-state index is 0.553. The Morgan fingerprint density at radius 3 is 2.81 bits per heavy atom. The summed E-state index contributed by atoms with van der Waals surface area (Å²) in [4.78, 5) is 5.11. The van der Waals surface area contributed by atoms with Gasteiger partial charge in [0, 0.05) is 15.9 Å². The monoisotopic (exact) mass is 277 g/mol. The fourth-order valence-corrected chi connectivity index (χ4v) is 2.30. The van der Waals surface area contributed by atoms with Crippen LogP contribution in [0.1, 0.15) is 24.6 Å². The van der Waals surface area contributed by atoms with Crippen molar-refractivity contribution in [2.24, 2.45) is 0 Å². The van der Waals surface area contributed by atoms with Crippen LogP contribution < -0.4 is 0 Å². The summed E-state index contributed by atoms with van der Waals surface area (Å²) in [6.07, 6.45) is 2.22. The molecule has 0 spiro atoms. The Kier molecular flexibility index (Phi) is 3.59. The van der Waals surface area contributed by atoms with Gasteiger partial charge in [-0.2, -0.15) is 0 Å². The number of fused-ring (bicyclic) bond motifs is 1. The molecule has 0 bridgehead atoms. The Labute approximate surface area is 105 Å². The summed E-state index contributed by atoms with van der Waals surface area (Å²) in [6.45, 7) is 4.26.